The average Bonchev–Trinajstić information content (AvgIpc) is 3.22. The summed E-state index contributed by atoms with van der Waals surface area (Å²) in [4.78, 5) is 14.5. The van der Waals surface area contributed by atoms with Gasteiger partial charge in [0.15, 0.2) is 9.84 Å². The molecule has 0 saturated carbocycles. The molecule has 1 heterocycles. The highest BCUT2D eigenvalue weighted by Gasteiger charge is 2.23. The average molecular weight is 427 g/mol. The lowest BCUT2D eigenvalue weighted by atomic mass is 10.1. The van der Waals surface area contributed by atoms with E-state index in [2.05, 4.69) is 5.16 Å². The molecule has 0 aliphatic heterocycles. The molecule has 0 unspecified atom stereocenters. The zero-order chi connectivity index (χ0) is 21.6. The van der Waals surface area contributed by atoms with Gasteiger partial charge in [-0.2, -0.15) is 0 Å². The Hall–Kier alpha value is -2.93. The highest BCUT2D eigenvalue weighted by molar-refractivity contribution is 7.91. The van der Waals surface area contributed by atoms with E-state index in [4.69, 9.17) is 4.52 Å². The minimum Gasteiger partial charge on any atom is -0.361 e. The van der Waals surface area contributed by atoms with E-state index in [-0.39, 0.29) is 22.1 Å². The number of aryl methyl sites for hydroxylation is 1. The van der Waals surface area contributed by atoms with Gasteiger partial charge in [0.25, 0.3) is 5.91 Å². The van der Waals surface area contributed by atoms with Crippen molar-refractivity contribution in [1.82, 2.24) is 10.1 Å². The summed E-state index contributed by atoms with van der Waals surface area (Å²) >= 11 is 0. The van der Waals surface area contributed by atoms with Crippen molar-refractivity contribution in [3.05, 3.63) is 72.0 Å². The predicted octanol–water partition coefficient (Wildman–Crippen LogP) is 4.23. The van der Waals surface area contributed by atoms with Crippen molar-refractivity contribution in [2.45, 2.75) is 31.1 Å². The summed E-state index contributed by atoms with van der Waals surface area (Å²) in [5.74, 6) is 0.476. The van der Waals surface area contributed by atoms with Gasteiger partial charge in [-0.3, -0.25) is 4.79 Å². The standard InChI is InChI=1S/C23H26N2O4S/c1-3-16-30(27,28)22-14-8-7-13-20(22)23(26)25(2)15-9-12-19-17-21(24-29-19)18-10-5-4-6-11-18/h4-8,10-11,13-14,17H,3,9,12,15-16H2,1-2H3. The summed E-state index contributed by atoms with van der Waals surface area (Å²) in [5.41, 5.74) is 1.99. The second kappa shape index (κ2) is 9.71. The van der Waals surface area contributed by atoms with E-state index in [0.29, 0.717) is 25.8 Å². The first-order valence-corrected chi connectivity index (χ1v) is 11.7. The normalized spacial score (nSPS) is 11.4. The maximum Gasteiger partial charge on any atom is 0.254 e. The summed E-state index contributed by atoms with van der Waals surface area (Å²) in [6.45, 7) is 2.28. The van der Waals surface area contributed by atoms with Crippen LogP contribution in [0.1, 0.15) is 35.9 Å². The van der Waals surface area contributed by atoms with Crippen LogP contribution in [0.4, 0.5) is 0 Å². The Bertz CT molecular complexity index is 1090. The molecule has 1 aromatic heterocycles. The van der Waals surface area contributed by atoms with Crippen molar-refractivity contribution < 1.29 is 17.7 Å². The number of carbonyl (C=O) groups excluding carboxylic acids is 1. The molecule has 0 aliphatic carbocycles. The molecule has 158 valence electrons. The van der Waals surface area contributed by atoms with Crippen LogP contribution >= 0.6 is 0 Å². The van der Waals surface area contributed by atoms with Gasteiger partial charge in [0.2, 0.25) is 0 Å². The Morgan fingerprint density at radius 2 is 1.77 bits per heavy atom. The molecule has 3 rings (SSSR count). The van der Waals surface area contributed by atoms with E-state index in [0.717, 1.165) is 17.0 Å². The van der Waals surface area contributed by atoms with Gasteiger partial charge in [-0.25, -0.2) is 8.42 Å². The lowest BCUT2D eigenvalue weighted by Crippen LogP contribution is -2.29. The fourth-order valence-corrected chi connectivity index (χ4v) is 4.80. The Balaban J connectivity index is 1.62. The topological polar surface area (TPSA) is 80.5 Å². The summed E-state index contributed by atoms with van der Waals surface area (Å²) in [5, 5.41) is 4.10. The van der Waals surface area contributed by atoms with Crippen LogP contribution in [0.15, 0.2) is 70.1 Å². The molecule has 7 heteroatoms. The number of benzene rings is 2. The first kappa shape index (κ1) is 21.8. The quantitative estimate of drug-likeness (QED) is 0.511. The van der Waals surface area contributed by atoms with Crippen molar-refractivity contribution in [3.8, 4) is 11.3 Å². The fourth-order valence-electron chi connectivity index (χ4n) is 3.27. The summed E-state index contributed by atoms with van der Waals surface area (Å²) in [7, 11) is -1.80. The summed E-state index contributed by atoms with van der Waals surface area (Å²) in [6, 6.07) is 18.1. The molecule has 30 heavy (non-hydrogen) atoms. The highest BCUT2D eigenvalue weighted by atomic mass is 32.2. The van der Waals surface area contributed by atoms with Crippen LogP contribution in [0.3, 0.4) is 0 Å². The molecule has 0 aliphatic rings. The van der Waals surface area contributed by atoms with Crippen LogP contribution in [-0.2, 0) is 16.3 Å². The number of amides is 1. The van der Waals surface area contributed by atoms with E-state index >= 15 is 0 Å². The van der Waals surface area contributed by atoms with Crippen molar-refractivity contribution >= 4 is 15.7 Å². The second-order valence-corrected chi connectivity index (χ2v) is 9.27. The number of sulfone groups is 1. The zero-order valence-corrected chi connectivity index (χ0v) is 18.1. The molecule has 1 amide bonds. The molecular weight excluding hydrogens is 400 g/mol. The molecule has 0 fully saturated rings. The smallest absolute Gasteiger partial charge is 0.254 e. The first-order chi connectivity index (χ1) is 14.4. The highest BCUT2D eigenvalue weighted by Crippen LogP contribution is 2.21. The lowest BCUT2D eigenvalue weighted by Gasteiger charge is -2.18. The minimum absolute atomic E-state index is 0.0241. The van der Waals surface area contributed by atoms with Gasteiger partial charge in [0, 0.05) is 31.6 Å². The van der Waals surface area contributed by atoms with Gasteiger partial charge in [0.05, 0.1) is 16.2 Å². The van der Waals surface area contributed by atoms with Crippen molar-refractivity contribution in [2.75, 3.05) is 19.3 Å². The van der Waals surface area contributed by atoms with Gasteiger partial charge in [-0.15, -0.1) is 0 Å². The number of hydrogen-bond donors (Lipinski definition) is 0. The van der Waals surface area contributed by atoms with Crippen LogP contribution in [-0.4, -0.2) is 43.7 Å². The molecule has 0 spiro atoms. The predicted molar refractivity (Wildman–Crippen MR) is 116 cm³/mol. The van der Waals surface area contributed by atoms with Gasteiger partial charge < -0.3 is 9.42 Å². The maximum atomic E-state index is 12.9. The largest absolute Gasteiger partial charge is 0.361 e. The van der Waals surface area contributed by atoms with Crippen LogP contribution in [0.25, 0.3) is 11.3 Å². The molecule has 0 bridgehead atoms. The maximum absolute atomic E-state index is 12.9. The van der Waals surface area contributed by atoms with Crippen molar-refractivity contribution in [2.24, 2.45) is 0 Å². The molecule has 6 nitrogen and oxygen atoms in total. The molecule has 0 atom stereocenters. The van der Waals surface area contributed by atoms with Gasteiger partial charge in [-0.1, -0.05) is 54.5 Å². The van der Waals surface area contributed by atoms with Gasteiger partial charge in [-0.05, 0) is 25.0 Å². The van der Waals surface area contributed by atoms with Crippen LogP contribution < -0.4 is 0 Å². The molecule has 2 aromatic carbocycles. The number of hydrogen-bond acceptors (Lipinski definition) is 5. The van der Waals surface area contributed by atoms with Crippen LogP contribution in [0.5, 0.6) is 0 Å². The Morgan fingerprint density at radius 3 is 2.50 bits per heavy atom. The number of nitrogens with zero attached hydrogens (tertiary/aromatic N) is 2. The first-order valence-electron chi connectivity index (χ1n) is 10.0. The zero-order valence-electron chi connectivity index (χ0n) is 17.2. The SMILES string of the molecule is CCCS(=O)(=O)c1ccccc1C(=O)N(C)CCCc1cc(-c2ccccc2)no1. The molecule has 0 radical (unpaired) electrons. The van der Waals surface area contributed by atoms with E-state index in [9.17, 15) is 13.2 Å². The second-order valence-electron chi connectivity index (χ2n) is 7.19. The number of carbonyl (C=O) groups is 1. The number of rotatable bonds is 9. The Labute approximate surface area is 177 Å². The van der Waals surface area contributed by atoms with Crippen molar-refractivity contribution in [3.63, 3.8) is 0 Å². The van der Waals surface area contributed by atoms with E-state index in [1.54, 1.807) is 37.1 Å². The van der Waals surface area contributed by atoms with E-state index < -0.39 is 9.84 Å². The third-order valence-electron chi connectivity index (χ3n) is 4.82. The summed E-state index contributed by atoms with van der Waals surface area (Å²) < 4.78 is 30.4. The van der Waals surface area contributed by atoms with Crippen LogP contribution in [0, 0.1) is 0 Å². The Kier molecular flexibility index (Phi) is 7.05. The van der Waals surface area contributed by atoms with Gasteiger partial charge >= 0.3 is 0 Å². The van der Waals surface area contributed by atoms with Crippen molar-refractivity contribution in [1.29, 1.82) is 0 Å². The third-order valence-corrected chi connectivity index (χ3v) is 6.79. The van der Waals surface area contributed by atoms with E-state index in [1.807, 2.05) is 36.4 Å². The van der Waals surface area contributed by atoms with Crippen LogP contribution in [0.2, 0.25) is 0 Å². The molecule has 0 saturated heterocycles. The number of aromatic nitrogens is 1. The molecule has 0 N–H and O–H groups in total. The minimum atomic E-state index is -3.48. The van der Waals surface area contributed by atoms with E-state index in [1.165, 1.54) is 6.07 Å². The Morgan fingerprint density at radius 1 is 1.07 bits per heavy atom. The molecular formula is C23H26N2O4S. The summed E-state index contributed by atoms with van der Waals surface area (Å²) in [6.07, 6.45) is 1.81. The fraction of sp³-hybridized carbons (Fsp3) is 0.304. The third kappa shape index (κ3) is 5.16. The lowest BCUT2D eigenvalue weighted by molar-refractivity contribution is 0.0789. The monoisotopic (exact) mass is 426 g/mol. The van der Waals surface area contributed by atoms with Gasteiger partial charge in [0.1, 0.15) is 11.5 Å². The molecule has 3 aromatic rings.